The van der Waals surface area contributed by atoms with E-state index in [1.807, 2.05) is 23.1 Å². The molecule has 0 radical (unpaired) electrons. The molecule has 4 heteroatoms. The molecule has 1 aliphatic heterocycles. The number of nitrogens with two attached hydrogens (primary N) is 1. The highest BCUT2D eigenvalue weighted by Crippen LogP contribution is 2.30. The quantitative estimate of drug-likeness (QED) is 0.822. The van der Waals surface area contributed by atoms with Gasteiger partial charge in [-0.25, -0.2) is 0 Å². The van der Waals surface area contributed by atoms with Crippen LogP contribution in [-0.4, -0.2) is 17.4 Å². The van der Waals surface area contributed by atoms with Gasteiger partial charge in [0.1, 0.15) is 5.69 Å². The highest BCUT2D eigenvalue weighted by Gasteiger charge is 2.27. The molecule has 0 bridgehead atoms. The molecule has 0 saturated heterocycles. The van der Waals surface area contributed by atoms with Gasteiger partial charge in [-0.1, -0.05) is 25.1 Å². The van der Waals surface area contributed by atoms with Gasteiger partial charge in [0.15, 0.2) is 0 Å². The van der Waals surface area contributed by atoms with Crippen molar-refractivity contribution in [2.45, 2.75) is 13.3 Å². The molecule has 1 unspecified atom stereocenters. The molecule has 3 rings (SSSR count). The van der Waals surface area contributed by atoms with Crippen LogP contribution in [0.3, 0.4) is 0 Å². The summed E-state index contributed by atoms with van der Waals surface area (Å²) in [5, 5.41) is 0. The van der Waals surface area contributed by atoms with E-state index in [0.29, 0.717) is 17.3 Å². The van der Waals surface area contributed by atoms with Gasteiger partial charge < -0.3 is 15.6 Å². The number of hydrogen-bond acceptors (Lipinski definition) is 2. The fourth-order valence-corrected chi connectivity index (χ4v) is 2.67. The lowest BCUT2D eigenvalue weighted by Crippen LogP contribution is -2.39. The number of nitrogens with one attached hydrogen (secondary N) is 1. The predicted octanol–water partition coefficient (Wildman–Crippen LogP) is 2.44. The molecule has 0 spiro atoms. The molecule has 0 fully saturated rings. The Morgan fingerprint density at radius 2 is 2.21 bits per heavy atom. The second kappa shape index (κ2) is 4.46. The lowest BCUT2D eigenvalue weighted by atomic mass is 9.93. The molecular formula is C15H17N3O. The molecule has 1 aliphatic rings. The fourth-order valence-electron chi connectivity index (χ4n) is 2.67. The summed E-state index contributed by atoms with van der Waals surface area (Å²) in [6, 6.07) is 9.77. The summed E-state index contributed by atoms with van der Waals surface area (Å²) in [6.07, 6.45) is 2.67. The third-order valence-corrected chi connectivity index (χ3v) is 3.53. The first-order valence-electron chi connectivity index (χ1n) is 6.49. The smallest absolute Gasteiger partial charge is 0.274 e. The number of anilines is 2. The number of nitrogen functional groups attached to an aromatic ring is 1. The van der Waals surface area contributed by atoms with Crippen LogP contribution < -0.4 is 10.6 Å². The van der Waals surface area contributed by atoms with Crippen molar-refractivity contribution in [1.82, 2.24) is 4.98 Å². The van der Waals surface area contributed by atoms with Crippen LogP contribution in [-0.2, 0) is 6.42 Å². The molecule has 3 N–H and O–H groups in total. The molecular weight excluding hydrogens is 238 g/mol. The summed E-state index contributed by atoms with van der Waals surface area (Å²) in [5.41, 5.74) is 9.04. The number of carbonyl (C=O) groups is 1. The van der Waals surface area contributed by atoms with E-state index in [-0.39, 0.29) is 5.91 Å². The zero-order valence-corrected chi connectivity index (χ0v) is 10.9. The van der Waals surface area contributed by atoms with E-state index < -0.39 is 0 Å². The maximum Gasteiger partial charge on any atom is 0.274 e. The van der Waals surface area contributed by atoms with Crippen LogP contribution in [0, 0.1) is 5.92 Å². The first-order valence-corrected chi connectivity index (χ1v) is 6.49. The average Bonchev–Trinajstić information content (AvgIpc) is 2.83. The van der Waals surface area contributed by atoms with E-state index in [2.05, 4.69) is 18.0 Å². The van der Waals surface area contributed by atoms with E-state index in [9.17, 15) is 4.79 Å². The molecule has 2 heterocycles. The molecule has 0 aliphatic carbocycles. The molecule has 1 amide bonds. The second-order valence-electron chi connectivity index (χ2n) is 5.20. The summed E-state index contributed by atoms with van der Waals surface area (Å²) in [5.74, 6) is 0.446. The van der Waals surface area contributed by atoms with E-state index in [4.69, 9.17) is 5.73 Å². The van der Waals surface area contributed by atoms with E-state index in [1.165, 1.54) is 5.56 Å². The van der Waals surface area contributed by atoms with E-state index in [1.54, 1.807) is 12.3 Å². The van der Waals surface area contributed by atoms with Crippen molar-refractivity contribution < 1.29 is 4.79 Å². The number of fused-ring (bicyclic) bond motifs is 1. The molecule has 1 aromatic carbocycles. The summed E-state index contributed by atoms with van der Waals surface area (Å²) >= 11 is 0. The number of benzene rings is 1. The summed E-state index contributed by atoms with van der Waals surface area (Å²) in [7, 11) is 0. The van der Waals surface area contributed by atoms with Crippen LogP contribution in [0.1, 0.15) is 23.0 Å². The van der Waals surface area contributed by atoms with Crippen LogP contribution in [0.25, 0.3) is 0 Å². The van der Waals surface area contributed by atoms with Crippen LogP contribution in [0.2, 0.25) is 0 Å². The van der Waals surface area contributed by atoms with E-state index in [0.717, 1.165) is 18.7 Å². The molecule has 4 nitrogen and oxygen atoms in total. The third kappa shape index (κ3) is 2.10. The summed E-state index contributed by atoms with van der Waals surface area (Å²) in [4.78, 5) is 17.3. The highest BCUT2D eigenvalue weighted by molar-refractivity contribution is 6.06. The number of carbonyl (C=O) groups excluding carboxylic acids is 1. The summed E-state index contributed by atoms with van der Waals surface area (Å²) in [6.45, 7) is 2.91. The lowest BCUT2D eigenvalue weighted by molar-refractivity contribution is 0.0977. The average molecular weight is 255 g/mol. The number of aromatic nitrogens is 1. The van der Waals surface area contributed by atoms with Gasteiger partial charge >= 0.3 is 0 Å². The monoisotopic (exact) mass is 255 g/mol. The van der Waals surface area contributed by atoms with Crippen molar-refractivity contribution >= 4 is 17.3 Å². The minimum absolute atomic E-state index is 0.0179. The van der Waals surface area contributed by atoms with Crippen molar-refractivity contribution in [3.05, 3.63) is 47.8 Å². The Hall–Kier alpha value is -2.23. The van der Waals surface area contributed by atoms with Gasteiger partial charge in [-0.15, -0.1) is 0 Å². The number of nitrogens with zero attached hydrogens (tertiary/aromatic N) is 1. The standard InChI is InChI=1S/C15H17N3O/c1-10-6-11-4-2-3-5-14(11)18(9-10)15(19)13-7-12(16)8-17-13/h2-5,7-8,10,17H,6,9,16H2,1H3. The maximum atomic E-state index is 12.6. The molecule has 98 valence electrons. The zero-order valence-electron chi connectivity index (χ0n) is 10.9. The number of hydrogen-bond donors (Lipinski definition) is 2. The fraction of sp³-hybridized carbons (Fsp3) is 0.267. The number of para-hydroxylation sites is 1. The Morgan fingerprint density at radius 3 is 2.95 bits per heavy atom. The first kappa shape index (κ1) is 11.8. The molecule has 0 saturated carbocycles. The Bertz CT molecular complexity index is 617. The van der Waals surface area contributed by atoms with Gasteiger partial charge in [-0.05, 0) is 30.0 Å². The van der Waals surface area contributed by atoms with Crippen molar-refractivity contribution in [3.8, 4) is 0 Å². The van der Waals surface area contributed by atoms with Crippen LogP contribution in [0.15, 0.2) is 36.5 Å². The largest absolute Gasteiger partial charge is 0.397 e. The first-order chi connectivity index (χ1) is 9.15. The maximum absolute atomic E-state index is 12.6. The van der Waals surface area contributed by atoms with Gasteiger partial charge in [0, 0.05) is 24.1 Å². The number of rotatable bonds is 1. The predicted molar refractivity (Wildman–Crippen MR) is 76.2 cm³/mol. The third-order valence-electron chi connectivity index (χ3n) is 3.53. The van der Waals surface area contributed by atoms with Crippen LogP contribution in [0.4, 0.5) is 11.4 Å². The second-order valence-corrected chi connectivity index (χ2v) is 5.20. The minimum atomic E-state index is -0.0179. The molecule has 1 aromatic heterocycles. The number of H-pyrrole nitrogens is 1. The molecule has 19 heavy (non-hydrogen) atoms. The Labute approximate surface area is 112 Å². The summed E-state index contributed by atoms with van der Waals surface area (Å²) < 4.78 is 0. The Kier molecular flexibility index (Phi) is 2.78. The van der Waals surface area contributed by atoms with Crippen LogP contribution >= 0.6 is 0 Å². The number of aromatic amines is 1. The van der Waals surface area contributed by atoms with Crippen molar-refractivity contribution in [2.24, 2.45) is 5.92 Å². The minimum Gasteiger partial charge on any atom is -0.397 e. The lowest BCUT2D eigenvalue weighted by Gasteiger charge is -2.32. The van der Waals surface area contributed by atoms with Gasteiger partial charge in [-0.3, -0.25) is 4.79 Å². The van der Waals surface area contributed by atoms with Crippen molar-refractivity contribution in [2.75, 3.05) is 17.2 Å². The van der Waals surface area contributed by atoms with Gasteiger partial charge in [0.05, 0.1) is 0 Å². The topological polar surface area (TPSA) is 62.1 Å². The SMILES string of the molecule is CC1Cc2ccccc2N(C(=O)c2cc(N)c[nH]2)C1. The Balaban J connectivity index is 1.99. The van der Waals surface area contributed by atoms with E-state index >= 15 is 0 Å². The van der Waals surface area contributed by atoms with Gasteiger partial charge in [-0.2, -0.15) is 0 Å². The normalized spacial score (nSPS) is 18.2. The van der Waals surface area contributed by atoms with Gasteiger partial charge in [0.25, 0.3) is 5.91 Å². The zero-order chi connectivity index (χ0) is 13.4. The Morgan fingerprint density at radius 1 is 1.42 bits per heavy atom. The van der Waals surface area contributed by atoms with Crippen LogP contribution in [0.5, 0.6) is 0 Å². The molecule has 2 aromatic rings. The molecule has 1 atom stereocenters. The highest BCUT2D eigenvalue weighted by atomic mass is 16.2. The van der Waals surface area contributed by atoms with Gasteiger partial charge in [0.2, 0.25) is 0 Å². The van der Waals surface area contributed by atoms with Crippen molar-refractivity contribution in [1.29, 1.82) is 0 Å². The number of amides is 1. The van der Waals surface area contributed by atoms with Crippen molar-refractivity contribution in [3.63, 3.8) is 0 Å².